The fourth-order valence-electron chi connectivity index (χ4n) is 1.73. The van der Waals surface area contributed by atoms with Gasteiger partial charge in [-0.05, 0) is 23.6 Å². The molecule has 0 saturated heterocycles. The Kier molecular flexibility index (Phi) is 3.69. The lowest BCUT2D eigenvalue weighted by Gasteiger charge is -2.05. The summed E-state index contributed by atoms with van der Waals surface area (Å²) in [6.45, 7) is 0.363. The van der Waals surface area contributed by atoms with Gasteiger partial charge >= 0.3 is 0 Å². The van der Waals surface area contributed by atoms with Crippen LogP contribution in [0.2, 0.25) is 0 Å². The molecule has 20 heavy (non-hydrogen) atoms. The second-order valence-corrected chi connectivity index (χ2v) is 5.04. The van der Waals surface area contributed by atoms with E-state index in [9.17, 15) is 0 Å². The molecule has 0 N–H and O–H groups in total. The lowest BCUT2D eigenvalue weighted by Crippen LogP contribution is -1.96. The summed E-state index contributed by atoms with van der Waals surface area (Å²) in [6, 6.07) is 11.4. The first-order valence-corrected chi connectivity index (χ1v) is 6.98. The first kappa shape index (κ1) is 12.7. The Bertz CT molecular complexity index is 676. The maximum Gasteiger partial charge on any atom is 0.236 e. The Hall–Kier alpha value is -2.27. The molecule has 0 spiro atoms. The zero-order chi connectivity index (χ0) is 13.8. The molecule has 3 aromatic rings. The van der Waals surface area contributed by atoms with Gasteiger partial charge in [0.1, 0.15) is 30.1 Å². The van der Waals surface area contributed by atoms with Crippen molar-refractivity contribution in [1.29, 1.82) is 0 Å². The van der Waals surface area contributed by atoms with Crippen LogP contribution in [0.3, 0.4) is 0 Å². The highest BCUT2D eigenvalue weighted by Crippen LogP contribution is 2.24. The number of benzene rings is 1. The molecule has 0 atom stereocenters. The Morgan fingerprint density at radius 1 is 1.20 bits per heavy atom. The average molecular weight is 287 g/mol. The highest BCUT2D eigenvalue weighted by molar-refractivity contribution is 7.13. The predicted molar refractivity (Wildman–Crippen MR) is 77.1 cm³/mol. The summed E-state index contributed by atoms with van der Waals surface area (Å²) in [6.07, 6.45) is 1.62. The third-order valence-electron chi connectivity index (χ3n) is 2.71. The number of aromatic nitrogens is 1. The SMILES string of the molecule is COc1cccc(OCc2coc(-c3cccs3)n2)c1. The molecule has 0 fully saturated rings. The number of nitrogens with zero attached hydrogens (tertiary/aromatic N) is 1. The molecular formula is C15H13NO3S. The van der Waals surface area contributed by atoms with E-state index in [1.165, 1.54) is 0 Å². The lowest BCUT2D eigenvalue weighted by atomic mass is 10.3. The molecule has 4 nitrogen and oxygen atoms in total. The summed E-state index contributed by atoms with van der Waals surface area (Å²) in [4.78, 5) is 5.41. The third-order valence-corrected chi connectivity index (χ3v) is 3.57. The first-order chi connectivity index (χ1) is 9.85. The zero-order valence-corrected chi connectivity index (χ0v) is 11.7. The summed E-state index contributed by atoms with van der Waals surface area (Å²) in [7, 11) is 1.63. The van der Waals surface area contributed by atoms with Crippen LogP contribution in [-0.4, -0.2) is 12.1 Å². The van der Waals surface area contributed by atoms with Gasteiger partial charge in [-0.2, -0.15) is 0 Å². The molecule has 0 unspecified atom stereocenters. The van der Waals surface area contributed by atoms with Gasteiger partial charge in [-0.15, -0.1) is 11.3 Å². The standard InChI is InChI=1S/C15H13NO3S/c1-17-12-4-2-5-13(8-12)18-9-11-10-19-15(16-11)14-6-3-7-20-14/h2-8,10H,9H2,1H3. The van der Waals surface area contributed by atoms with E-state index in [2.05, 4.69) is 4.98 Å². The largest absolute Gasteiger partial charge is 0.497 e. The second kappa shape index (κ2) is 5.79. The molecule has 0 aliphatic rings. The summed E-state index contributed by atoms with van der Waals surface area (Å²) in [5.41, 5.74) is 0.760. The van der Waals surface area contributed by atoms with Crippen LogP contribution in [-0.2, 0) is 6.61 Å². The minimum absolute atomic E-state index is 0.363. The molecule has 0 bridgehead atoms. The Morgan fingerprint density at radius 2 is 2.10 bits per heavy atom. The van der Waals surface area contributed by atoms with Gasteiger partial charge in [-0.3, -0.25) is 0 Å². The van der Waals surface area contributed by atoms with Crippen molar-refractivity contribution >= 4 is 11.3 Å². The number of rotatable bonds is 5. The van der Waals surface area contributed by atoms with Crippen LogP contribution in [0.4, 0.5) is 0 Å². The van der Waals surface area contributed by atoms with Gasteiger partial charge in [0.05, 0.1) is 12.0 Å². The lowest BCUT2D eigenvalue weighted by molar-refractivity contribution is 0.298. The van der Waals surface area contributed by atoms with Gasteiger partial charge in [-0.1, -0.05) is 12.1 Å². The third kappa shape index (κ3) is 2.83. The quantitative estimate of drug-likeness (QED) is 0.711. The van der Waals surface area contributed by atoms with Crippen LogP contribution in [0.25, 0.3) is 10.8 Å². The van der Waals surface area contributed by atoms with Crippen LogP contribution >= 0.6 is 11.3 Å². The fourth-order valence-corrected chi connectivity index (χ4v) is 2.39. The molecule has 0 saturated carbocycles. The smallest absolute Gasteiger partial charge is 0.236 e. The van der Waals surface area contributed by atoms with Crippen molar-refractivity contribution in [1.82, 2.24) is 4.98 Å². The van der Waals surface area contributed by atoms with Gasteiger partial charge in [0, 0.05) is 6.07 Å². The number of ether oxygens (including phenoxy) is 2. The van der Waals surface area contributed by atoms with E-state index >= 15 is 0 Å². The normalized spacial score (nSPS) is 10.4. The van der Waals surface area contributed by atoms with Crippen LogP contribution < -0.4 is 9.47 Å². The average Bonchev–Trinajstić information content (AvgIpc) is 3.16. The summed E-state index contributed by atoms with van der Waals surface area (Å²) >= 11 is 1.60. The van der Waals surface area contributed by atoms with E-state index in [1.807, 2.05) is 41.8 Å². The van der Waals surface area contributed by atoms with Crippen molar-refractivity contribution in [2.45, 2.75) is 6.61 Å². The van der Waals surface area contributed by atoms with E-state index in [0.29, 0.717) is 12.5 Å². The minimum Gasteiger partial charge on any atom is -0.497 e. The highest BCUT2D eigenvalue weighted by atomic mass is 32.1. The maximum atomic E-state index is 5.67. The van der Waals surface area contributed by atoms with Gasteiger partial charge in [0.25, 0.3) is 0 Å². The molecular weight excluding hydrogens is 274 g/mol. The molecule has 0 amide bonds. The Labute approximate surface area is 120 Å². The monoisotopic (exact) mass is 287 g/mol. The molecule has 1 aromatic carbocycles. The summed E-state index contributed by atoms with van der Waals surface area (Å²) in [5, 5.41) is 1.99. The van der Waals surface area contributed by atoms with Crippen molar-refractivity contribution in [3.8, 4) is 22.3 Å². The number of thiophene rings is 1. The molecule has 5 heteroatoms. The molecule has 0 aliphatic heterocycles. The number of oxazole rings is 1. The van der Waals surface area contributed by atoms with Crippen LogP contribution in [0, 0.1) is 0 Å². The van der Waals surface area contributed by atoms with E-state index < -0.39 is 0 Å². The van der Waals surface area contributed by atoms with Crippen LogP contribution in [0.1, 0.15) is 5.69 Å². The predicted octanol–water partition coefficient (Wildman–Crippen LogP) is 3.99. The van der Waals surface area contributed by atoms with Gasteiger partial charge in [-0.25, -0.2) is 4.98 Å². The minimum atomic E-state index is 0.363. The maximum absolute atomic E-state index is 5.67. The zero-order valence-electron chi connectivity index (χ0n) is 10.9. The van der Waals surface area contributed by atoms with Crippen molar-refractivity contribution in [2.24, 2.45) is 0 Å². The fraction of sp³-hybridized carbons (Fsp3) is 0.133. The molecule has 3 rings (SSSR count). The Morgan fingerprint density at radius 3 is 2.90 bits per heavy atom. The topological polar surface area (TPSA) is 44.5 Å². The molecule has 102 valence electrons. The summed E-state index contributed by atoms with van der Waals surface area (Å²) in [5.74, 6) is 2.14. The van der Waals surface area contributed by atoms with E-state index in [4.69, 9.17) is 13.9 Å². The van der Waals surface area contributed by atoms with Gasteiger partial charge in [0.15, 0.2) is 0 Å². The number of hydrogen-bond donors (Lipinski definition) is 0. The Balaban J connectivity index is 1.66. The molecule has 0 aliphatic carbocycles. The van der Waals surface area contributed by atoms with Crippen molar-refractivity contribution in [2.75, 3.05) is 7.11 Å². The van der Waals surface area contributed by atoms with Crippen molar-refractivity contribution in [3.63, 3.8) is 0 Å². The summed E-state index contributed by atoms with van der Waals surface area (Å²) < 4.78 is 16.3. The van der Waals surface area contributed by atoms with Gasteiger partial charge in [0.2, 0.25) is 5.89 Å². The van der Waals surface area contributed by atoms with Crippen LogP contribution in [0.5, 0.6) is 11.5 Å². The van der Waals surface area contributed by atoms with Crippen molar-refractivity contribution in [3.05, 3.63) is 53.7 Å². The van der Waals surface area contributed by atoms with Gasteiger partial charge < -0.3 is 13.9 Å². The van der Waals surface area contributed by atoms with Crippen molar-refractivity contribution < 1.29 is 13.9 Å². The molecule has 2 heterocycles. The number of hydrogen-bond acceptors (Lipinski definition) is 5. The first-order valence-electron chi connectivity index (χ1n) is 6.10. The van der Waals surface area contributed by atoms with Crippen LogP contribution in [0.15, 0.2) is 52.5 Å². The van der Waals surface area contributed by atoms with E-state index in [-0.39, 0.29) is 0 Å². The second-order valence-electron chi connectivity index (χ2n) is 4.09. The molecule has 0 radical (unpaired) electrons. The van der Waals surface area contributed by atoms with E-state index in [0.717, 1.165) is 22.1 Å². The number of methoxy groups -OCH3 is 1. The highest BCUT2D eigenvalue weighted by Gasteiger charge is 2.08. The van der Waals surface area contributed by atoms with E-state index in [1.54, 1.807) is 24.7 Å². The molecule has 2 aromatic heterocycles.